The van der Waals surface area contributed by atoms with E-state index in [1.165, 1.54) is 0 Å². The van der Waals surface area contributed by atoms with Gasteiger partial charge in [0.15, 0.2) is 18.1 Å². The molecule has 0 aromatic heterocycles. The van der Waals surface area contributed by atoms with Crippen molar-refractivity contribution in [3.63, 3.8) is 0 Å². The van der Waals surface area contributed by atoms with Crippen LogP contribution in [-0.2, 0) is 28.8 Å². The molecule has 0 bridgehead atoms. The van der Waals surface area contributed by atoms with Crippen molar-refractivity contribution in [3.05, 3.63) is 11.9 Å². The molecule has 20 N–H and O–H groups in total. The summed E-state index contributed by atoms with van der Waals surface area (Å²) in [4.78, 5) is 98.5. The molecule has 8 amide bonds. The van der Waals surface area contributed by atoms with E-state index in [1.54, 1.807) is 7.05 Å². The number of amides is 8. The number of carbonyl (C=O) groups excluding carboxylic acids is 7. The quantitative estimate of drug-likeness (QED) is 0.0534. The van der Waals surface area contributed by atoms with Gasteiger partial charge in [-0.1, -0.05) is 0 Å². The van der Waals surface area contributed by atoms with Gasteiger partial charge in [-0.2, -0.15) is 0 Å². The van der Waals surface area contributed by atoms with E-state index in [9.17, 15) is 48.9 Å². The number of nitrogens with two attached hydrogens (primary N) is 4. The third kappa shape index (κ3) is 13.6. The molecular weight excluding hydrogens is 682 g/mol. The predicted molar refractivity (Wildman–Crippen MR) is 176 cm³/mol. The van der Waals surface area contributed by atoms with Crippen molar-refractivity contribution in [1.82, 2.24) is 47.9 Å². The molecule has 0 aromatic rings. The molecule has 284 valence electrons. The molecule has 1 saturated heterocycles. The SMILES string of the molecule is CN[C@H](CCN=C(N)N)CC(=O)N[C@H]1CNC(=O)[C@@H]([C@@H]2C[C@@H](O)N=C(N)N2)NC(=O)C(=CNC(N)=O)NC(=O)[C@@H](CO)NC(=O)[C@@H](CO)NC1=O. The number of aliphatic imine (C=N–C) groups is 2. The Morgan fingerprint density at radius 1 is 0.980 bits per heavy atom. The van der Waals surface area contributed by atoms with E-state index in [-0.39, 0.29) is 31.3 Å². The monoisotopic (exact) mass is 727 g/mol. The fraction of sp³-hybridized carbons (Fsp3) is 0.577. The average Bonchev–Trinajstić information content (AvgIpc) is 3.06. The van der Waals surface area contributed by atoms with Gasteiger partial charge in [0, 0.05) is 38.2 Å². The van der Waals surface area contributed by atoms with Crippen LogP contribution in [0.3, 0.4) is 0 Å². The fourth-order valence-corrected chi connectivity index (χ4v) is 4.67. The van der Waals surface area contributed by atoms with Crippen LogP contribution in [0.4, 0.5) is 4.79 Å². The zero-order chi connectivity index (χ0) is 38.2. The molecule has 0 radical (unpaired) electrons. The van der Waals surface area contributed by atoms with Gasteiger partial charge in [-0.25, -0.2) is 9.79 Å². The van der Waals surface area contributed by atoms with Crippen LogP contribution in [0.2, 0.25) is 0 Å². The highest BCUT2D eigenvalue weighted by molar-refractivity contribution is 6.02. The number of nitrogens with one attached hydrogen (secondary N) is 9. The summed E-state index contributed by atoms with van der Waals surface area (Å²) in [5.41, 5.74) is 20.8. The Morgan fingerprint density at radius 2 is 1.63 bits per heavy atom. The Labute approximate surface area is 290 Å². The first-order valence-electron chi connectivity index (χ1n) is 15.4. The summed E-state index contributed by atoms with van der Waals surface area (Å²) < 4.78 is 0. The second kappa shape index (κ2) is 20.0. The number of carbonyl (C=O) groups is 7. The summed E-state index contributed by atoms with van der Waals surface area (Å²) in [5.74, 6) is -6.84. The maximum absolute atomic E-state index is 13.7. The molecule has 25 nitrogen and oxygen atoms in total. The van der Waals surface area contributed by atoms with Gasteiger partial charge in [-0.05, 0) is 13.5 Å². The summed E-state index contributed by atoms with van der Waals surface area (Å²) in [7, 11) is 1.57. The first-order chi connectivity index (χ1) is 24.1. The van der Waals surface area contributed by atoms with Crippen LogP contribution in [-0.4, -0.2) is 145 Å². The molecule has 2 aliphatic rings. The van der Waals surface area contributed by atoms with Crippen molar-refractivity contribution in [2.75, 3.05) is 33.4 Å². The van der Waals surface area contributed by atoms with Crippen LogP contribution in [0, 0.1) is 0 Å². The van der Waals surface area contributed by atoms with Crippen LogP contribution < -0.4 is 70.8 Å². The van der Waals surface area contributed by atoms with Gasteiger partial charge >= 0.3 is 6.03 Å². The van der Waals surface area contributed by atoms with Gasteiger partial charge in [0.05, 0.1) is 19.3 Å². The highest BCUT2D eigenvalue weighted by Gasteiger charge is 2.37. The van der Waals surface area contributed by atoms with E-state index in [0.29, 0.717) is 12.6 Å². The summed E-state index contributed by atoms with van der Waals surface area (Å²) in [5, 5.41) is 51.0. The highest BCUT2D eigenvalue weighted by atomic mass is 16.3. The molecule has 25 heteroatoms. The number of hydrogen-bond donors (Lipinski definition) is 16. The van der Waals surface area contributed by atoms with E-state index in [0.717, 1.165) is 0 Å². The Morgan fingerprint density at radius 3 is 2.22 bits per heavy atom. The Bertz CT molecular complexity index is 1400. The molecule has 2 rings (SSSR count). The second-order valence-corrected chi connectivity index (χ2v) is 11.1. The molecule has 2 heterocycles. The lowest BCUT2D eigenvalue weighted by molar-refractivity contribution is -0.135. The van der Waals surface area contributed by atoms with E-state index < -0.39 is 109 Å². The number of primary amides is 1. The molecule has 0 unspecified atom stereocenters. The lowest BCUT2D eigenvalue weighted by Gasteiger charge is -2.33. The second-order valence-electron chi connectivity index (χ2n) is 11.1. The minimum Gasteiger partial charge on any atom is -0.394 e. The normalized spacial score (nSPS) is 26.5. The van der Waals surface area contributed by atoms with Crippen LogP contribution in [0.1, 0.15) is 19.3 Å². The van der Waals surface area contributed by atoms with Gasteiger partial charge < -0.3 is 86.1 Å². The molecular formula is C26H45N15O10. The molecule has 0 spiro atoms. The Balaban J connectivity index is 2.53. The molecule has 0 aromatic carbocycles. The lowest BCUT2D eigenvalue weighted by atomic mass is 10.0. The minimum atomic E-state index is -1.79. The molecule has 2 aliphatic heterocycles. The average molecular weight is 728 g/mol. The van der Waals surface area contributed by atoms with Crippen molar-refractivity contribution < 1.29 is 48.9 Å². The van der Waals surface area contributed by atoms with Crippen LogP contribution in [0.25, 0.3) is 0 Å². The number of urea groups is 1. The summed E-state index contributed by atoms with van der Waals surface area (Å²) in [6.07, 6.45) is -0.933. The number of hydrogen-bond acceptors (Lipinski definition) is 15. The van der Waals surface area contributed by atoms with Crippen LogP contribution in [0.15, 0.2) is 21.9 Å². The molecule has 51 heavy (non-hydrogen) atoms. The number of guanidine groups is 2. The standard InChI is InChI=1S/C26H45N15O10/c1-31-10(2-3-32-24(27)28)4-16(44)35-12-6-33-23(50)18(11-5-17(45)40-25(29)39-11)41-20(47)13(7-34-26(30)51)36-21(48)14(8-42)38-22(49)15(9-43)37-19(12)46/h7,10-12,14-15,17-18,31,42-43,45H,2-6,8-9H2,1H3,(H,33,50)(H,35,44)(H,36,48)(H,37,46)(H,38,49)(H,41,47)(H4,27,28,32)(H3,29,39,40)(H3,30,34,51)/t10-,11+,12+,14-,15-,17-,18-/m1/s1. The third-order valence-electron chi connectivity index (χ3n) is 7.29. The summed E-state index contributed by atoms with van der Waals surface area (Å²) in [6.45, 7) is -2.55. The van der Waals surface area contributed by atoms with Crippen molar-refractivity contribution in [1.29, 1.82) is 0 Å². The van der Waals surface area contributed by atoms with Crippen molar-refractivity contribution in [3.8, 4) is 0 Å². The first kappa shape index (κ1) is 41.4. The number of aliphatic hydroxyl groups excluding tert-OH is 3. The maximum Gasteiger partial charge on any atom is 0.316 e. The maximum atomic E-state index is 13.7. The van der Waals surface area contributed by atoms with Gasteiger partial charge in [0.1, 0.15) is 29.9 Å². The van der Waals surface area contributed by atoms with Gasteiger partial charge in [-0.3, -0.25) is 33.8 Å². The van der Waals surface area contributed by atoms with Crippen LogP contribution >= 0.6 is 0 Å². The van der Waals surface area contributed by atoms with Crippen molar-refractivity contribution in [2.24, 2.45) is 32.9 Å². The third-order valence-corrected chi connectivity index (χ3v) is 7.29. The van der Waals surface area contributed by atoms with Crippen LogP contribution in [0.5, 0.6) is 0 Å². The minimum absolute atomic E-state index is 0.154. The highest BCUT2D eigenvalue weighted by Crippen LogP contribution is 2.11. The van der Waals surface area contributed by atoms with E-state index in [1.807, 2.05) is 5.32 Å². The predicted octanol–water partition coefficient (Wildman–Crippen LogP) is -9.70. The van der Waals surface area contributed by atoms with E-state index >= 15 is 0 Å². The lowest BCUT2D eigenvalue weighted by Crippen LogP contribution is -2.64. The van der Waals surface area contributed by atoms with E-state index in [4.69, 9.17) is 22.9 Å². The first-order valence-corrected chi connectivity index (χ1v) is 15.4. The molecule has 0 saturated carbocycles. The molecule has 7 atom stereocenters. The van der Waals surface area contributed by atoms with Gasteiger partial charge in [-0.15, -0.1) is 0 Å². The zero-order valence-corrected chi connectivity index (χ0v) is 27.5. The number of rotatable bonds is 11. The molecule has 0 aliphatic carbocycles. The fourth-order valence-electron chi connectivity index (χ4n) is 4.67. The zero-order valence-electron chi connectivity index (χ0n) is 27.5. The topological polar surface area (TPSA) is 417 Å². The Hall–Kier alpha value is -5.79. The molecule has 1 fully saturated rings. The smallest absolute Gasteiger partial charge is 0.316 e. The van der Waals surface area contributed by atoms with Gasteiger partial charge in [0.2, 0.25) is 29.5 Å². The number of nitrogens with zero attached hydrogens (tertiary/aromatic N) is 2. The van der Waals surface area contributed by atoms with E-state index in [2.05, 4.69) is 52.5 Å². The summed E-state index contributed by atoms with van der Waals surface area (Å²) >= 11 is 0. The Kier molecular flexibility index (Phi) is 16.2. The van der Waals surface area contributed by atoms with Crippen molar-refractivity contribution >= 4 is 53.4 Å². The largest absolute Gasteiger partial charge is 0.394 e. The summed E-state index contributed by atoms with van der Waals surface area (Å²) in [6, 6.07) is -9.59. The van der Waals surface area contributed by atoms with Gasteiger partial charge in [0.25, 0.3) is 5.91 Å². The van der Waals surface area contributed by atoms with Crippen molar-refractivity contribution in [2.45, 2.75) is 61.7 Å². The number of aliphatic hydroxyl groups is 3.